The Kier molecular flexibility index (Phi) is 3.10. The minimum absolute atomic E-state index is 0.109. The van der Waals surface area contributed by atoms with Crippen LogP contribution in [0, 0.1) is 0 Å². The van der Waals surface area contributed by atoms with Crippen LogP contribution in [0.1, 0.15) is 13.3 Å². The zero-order chi connectivity index (χ0) is 10.9. The van der Waals surface area contributed by atoms with Gasteiger partial charge >= 0.3 is 0 Å². The fraction of sp³-hybridized carbons (Fsp3) is 0.875. The maximum absolute atomic E-state index is 11.3. The SMILES string of the molecule is CC(O)(O)[C@@H]1CC(O)CN1C(=O)CN. The molecule has 1 fully saturated rings. The summed E-state index contributed by atoms with van der Waals surface area (Å²) in [6.45, 7) is 1.10. The molecule has 0 saturated carbocycles. The molecule has 5 N–H and O–H groups in total. The summed E-state index contributed by atoms with van der Waals surface area (Å²) in [5.41, 5.74) is 5.17. The van der Waals surface area contributed by atoms with E-state index in [9.17, 15) is 20.1 Å². The number of hydrogen-bond acceptors (Lipinski definition) is 5. The highest BCUT2D eigenvalue weighted by atomic mass is 16.5. The number of β-amino-alcohol motifs (C(OH)–C–C–N with tert-alkyl or cyclic N) is 1. The molecule has 14 heavy (non-hydrogen) atoms. The van der Waals surface area contributed by atoms with Gasteiger partial charge < -0.3 is 26.0 Å². The molecule has 0 spiro atoms. The summed E-state index contributed by atoms with van der Waals surface area (Å²) < 4.78 is 0. The first-order valence-corrected chi connectivity index (χ1v) is 4.48. The van der Waals surface area contributed by atoms with Crippen molar-refractivity contribution < 1.29 is 20.1 Å². The van der Waals surface area contributed by atoms with Gasteiger partial charge in [-0.15, -0.1) is 0 Å². The number of likely N-dealkylation sites (tertiary alicyclic amines) is 1. The number of rotatable bonds is 2. The quantitative estimate of drug-likeness (QED) is 0.375. The van der Waals surface area contributed by atoms with E-state index in [0.717, 1.165) is 0 Å². The van der Waals surface area contributed by atoms with Crippen molar-refractivity contribution in [3.05, 3.63) is 0 Å². The van der Waals surface area contributed by atoms with E-state index in [1.807, 2.05) is 0 Å². The molecule has 2 atom stereocenters. The van der Waals surface area contributed by atoms with E-state index in [2.05, 4.69) is 0 Å². The lowest BCUT2D eigenvalue weighted by molar-refractivity contribution is -0.190. The molecule has 0 aromatic carbocycles. The normalized spacial score (nSPS) is 28.2. The van der Waals surface area contributed by atoms with Crippen molar-refractivity contribution in [2.45, 2.75) is 31.3 Å². The zero-order valence-corrected chi connectivity index (χ0v) is 8.05. The third-order valence-electron chi connectivity index (χ3n) is 2.41. The molecule has 0 radical (unpaired) electrons. The summed E-state index contributed by atoms with van der Waals surface area (Å²) in [5, 5.41) is 28.0. The van der Waals surface area contributed by atoms with Gasteiger partial charge in [0.25, 0.3) is 0 Å². The molecule has 1 aliphatic heterocycles. The maximum Gasteiger partial charge on any atom is 0.236 e. The molecule has 1 saturated heterocycles. The van der Waals surface area contributed by atoms with Crippen LogP contribution in [0.25, 0.3) is 0 Å². The maximum atomic E-state index is 11.3. The molecule has 1 aliphatic rings. The molecule has 1 heterocycles. The fourth-order valence-electron chi connectivity index (χ4n) is 1.73. The zero-order valence-electron chi connectivity index (χ0n) is 8.05. The van der Waals surface area contributed by atoms with E-state index < -0.39 is 17.9 Å². The van der Waals surface area contributed by atoms with Crippen LogP contribution in [-0.4, -0.2) is 57.1 Å². The minimum Gasteiger partial charge on any atom is -0.391 e. The van der Waals surface area contributed by atoms with Gasteiger partial charge in [0.1, 0.15) is 0 Å². The third-order valence-corrected chi connectivity index (χ3v) is 2.41. The Bertz CT molecular complexity index is 226. The van der Waals surface area contributed by atoms with Crippen LogP contribution in [-0.2, 0) is 4.79 Å². The van der Waals surface area contributed by atoms with Gasteiger partial charge in [-0.2, -0.15) is 0 Å². The van der Waals surface area contributed by atoms with Gasteiger partial charge in [-0.1, -0.05) is 0 Å². The lowest BCUT2D eigenvalue weighted by Crippen LogP contribution is -2.51. The van der Waals surface area contributed by atoms with E-state index in [1.54, 1.807) is 0 Å². The molecule has 1 rings (SSSR count). The van der Waals surface area contributed by atoms with Gasteiger partial charge in [-0.25, -0.2) is 0 Å². The topological polar surface area (TPSA) is 107 Å². The molecule has 6 nitrogen and oxygen atoms in total. The molecule has 0 aliphatic carbocycles. The van der Waals surface area contributed by atoms with E-state index in [4.69, 9.17) is 5.73 Å². The van der Waals surface area contributed by atoms with Gasteiger partial charge in [0, 0.05) is 13.0 Å². The van der Waals surface area contributed by atoms with Crippen LogP contribution in [0.4, 0.5) is 0 Å². The summed E-state index contributed by atoms with van der Waals surface area (Å²) >= 11 is 0. The average molecular weight is 204 g/mol. The smallest absolute Gasteiger partial charge is 0.236 e. The molecule has 6 heteroatoms. The monoisotopic (exact) mass is 204 g/mol. The van der Waals surface area contributed by atoms with Crippen LogP contribution in [0.3, 0.4) is 0 Å². The summed E-state index contributed by atoms with van der Waals surface area (Å²) in [6, 6.07) is -0.784. The summed E-state index contributed by atoms with van der Waals surface area (Å²) in [6.07, 6.45) is -0.552. The molecule has 0 bridgehead atoms. The van der Waals surface area contributed by atoms with E-state index in [1.165, 1.54) is 11.8 Å². The van der Waals surface area contributed by atoms with Crippen molar-refractivity contribution >= 4 is 5.91 Å². The number of amides is 1. The second-order valence-electron chi connectivity index (χ2n) is 3.75. The van der Waals surface area contributed by atoms with Crippen molar-refractivity contribution in [1.29, 1.82) is 0 Å². The Morgan fingerprint density at radius 2 is 2.21 bits per heavy atom. The highest BCUT2D eigenvalue weighted by Crippen LogP contribution is 2.25. The van der Waals surface area contributed by atoms with Crippen molar-refractivity contribution in [1.82, 2.24) is 4.90 Å². The van der Waals surface area contributed by atoms with Crippen molar-refractivity contribution in [2.24, 2.45) is 5.73 Å². The first kappa shape index (κ1) is 11.4. The van der Waals surface area contributed by atoms with Crippen molar-refractivity contribution in [3.8, 4) is 0 Å². The molecule has 0 aromatic rings. The Morgan fingerprint density at radius 3 is 2.64 bits per heavy atom. The number of hydrogen-bond donors (Lipinski definition) is 4. The van der Waals surface area contributed by atoms with Crippen LogP contribution in [0.5, 0.6) is 0 Å². The molecular formula is C8H16N2O4. The Hall–Kier alpha value is -0.690. The van der Waals surface area contributed by atoms with Crippen molar-refractivity contribution in [3.63, 3.8) is 0 Å². The highest BCUT2D eigenvalue weighted by Gasteiger charge is 2.43. The number of aliphatic hydroxyl groups excluding tert-OH is 1. The largest absolute Gasteiger partial charge is 0.391 e. The molecule has 1 amide bonds. The summed E-state index contributed by atoms with van der Waals surface area (Å²) in [7, 11) is 0. The Labute approximate surface area is 81.9 Å². The van der Waals surface area contributed by atoms with Crippen LogP contribution in [0.15, 0.2) is 0 Å². The van der Waals surface area contributed by atoms with Crippen LogP contribution >= 0.6 is 0 Å². The predicted molar refractivity (Wildman–Crippen MR) is 48.0 cm³/mol. The summed E-state index contributed by atoms with van der Waals surface area (Å²) in [5.74, 6) is -2.39. The molecule has 0 aromatic heterocycles. The number of carbonyl (C=O) groups is 1. The van der Waals surface area contributed by atoms with Crippen LogP contribution in [0.2, 0.25) is 0 Å². The lowest BCUT2D eigenvalue weighted by atomic mass is 10.1. The van der Waals surface area contributed by atoms with E-state index >= 15 is 0 Å². The molecular weight excluding hydrogens is 188 g/mol. The lowest BCUT2D eigenvalue weighted by Gasteiger charge is -2.31. The highest BCUT2D eigenvalue weighted by molar-refractivity contribution is 5.78. The third kappa shape index (κ3) is 2.21. The van der Waals surface area contributed by atoms with Crippen molar-refractivity contribution in [2.75, 3.05) is 13.1 Å². The molecule has 1 unspecified atom stereocenters. The molecule has 82 valence electrons. The van der Waals surface area contributed by atoms with Gasteiger partial charge in [0.2, 0.25) is 5.91 Å². The van der Waals surface area contributed by atoms with Crippen LogP contribution < -0.4 is 5.73 Å². The number of carbonyl (C=O) groups excluding carboxylic acids is 1. The minimum atomic E-state index is -2.00. The van der Waals surface area contributed by atoms with Gasteiger partial charge in [-0.3, -0.25) is 4.79 Å². The number of nitrogens with two attached hydrogens (primary N) is 1. The van der Waals surface area contributed by atoms with Gasteiger partial charge in [-0.05, 0) is 6.92 Å². The fourth-order valence-corrected chi connectivity index (χ4v) is 1.73. The number of nitrogens with zero attached hydrogens (tertiary/aromatic N) is 1. The standard InChI is InChI=1S/C8H16N2O4/c1-8(13,14)6-2-5(11)4-10(6)7(12)3-9/h5-6,11,13-14H,2-4,9H2,1H3/t5?,6-/m0/s1. The van der Waals surface area contributed by atoms with Gasteiger partial charge in [0.05, 0.1) is 18.7 Å². The van der Waals surface area contributed by atoms with Gasteiger partial charge in [0.15, 0.2) is 5.79 Å². The Balaban J connectivity index is 2.78. The average Bonchev–Trinajstić information content (AvgIpc) is 2.45. The second kappa shape index (κ2) is 3.82. The number of aliphatic hydroxyl groups is 3. The van der Waals surface area contributed by atoms with E-state index in [0.29, 0.717) is 0 Å². The Morgan fingerprint density at radius 1 is 1.64 bits per heavy atom. The van der Waals surface area contributed by atoms with E-state index in [-0.39, 0.29) is 25.4 Å². The predicted octanol–water partition coefficient (Wildman–Crippen LogP) is -2.39. The first-order valence-electron chi connectivity index (χ1n) is 4.48. The summed E-state index contributed by atoms with van der Waals surface area (Å²) in [4.78, 5) is 12.5. The second-order valence-corrected chi connectivity index (χ2v) is 3.75. The first-order chi connectivity index (χ1) is 6.36.